The van der Waals surface area contributed by atoms with E-state index in [-0.39, 0.29) is 0 Å². The lowest BCUT2D eigenvalue weighted by molar-refractivity contribution is -0.146. The van der Waals surface area contributed by atoms with Crippen LogP contribution >= 0.6 is 35.0 Å². The SMILES string of the molecule is Cc1cc(SC(C)C(=O)OCC(=O)Nc2ccc(Cl)c(Cl)c2)n2c(nc3ccccc32)c1C#N. The molecule has 1 N–H and O–H groups in total. The summed E-state index contributed by atoms with van der Waals surface area (Å²) in [5.41, 5.74) is 3.80. The Bertz CT molecular complexity index is 1480. The lowest BCUT2D eigenvalue weighted by Crippen LogP contribution is -2.25. The van der Waals surface area contributed by atoms with Gasteiger partial charge in [0.25, 0.3) is 5.91 Å². The van der Waals surface area contributed by atoms with Crippen LogP contribution in [0.1, 0.15) is 18.1 Å². The quantitative estimate of drug-likeness (QED) is 0.265. The molecule has 0 bridgehead atoms. The molecular weight excluding hydrogens is 495 g/mol. The minimum atomic E-state index is -0.616. The number of rotatable bonds is 6. The predicted molar refractivity (Wildman–Crippen MR) is 134 cm³/mol. The van der Waals surface area contributed by atoms with Crippen LogP contribution in [0.2, 0.25) is 10.0 Å². The number of carbonyl (C=O) groups excluding carboxylic acids is 2. The van der Waals surface area contributed by atoms with Gasteiger partial charge in [0.2, 0.25) is 0 Å². The number of anilines is 1. The van der Waals surface area contributed by atoms with Crippen LogP contribution < -0.4 is 5.32 Å². The lowest BCUT2D eigenvalue weighted by atomic mass is 10.2. The molecule has 4 aromatic rings. The van der Waals surface area contributed by atoms with E-state index < -0.39 is 23.7 Å². The summed E-state index contributed by atoms with van der Waals surface area (Å²) in [5, 5.41) is 13.0. The number of aromatic nitrogens is 2. The van der Waals surface area contributed by atoms with Crippen LogP contribution in [0.15, 0.2) is 53.6 Å². The summed E-state index contributed by atoms with van der Waals surface area (Å²) in [6.07, 6.45) is 0. The molecule has 0 aliphatic carbocycles. The van der Waals surface area contributed by atoms with Gasteiger partial charge in [0.05, 0.1) is 31.7 Å². The van der Waals surface area contributed by atoms with Gasteiger partial charge in [-0.3, -0.25) is 14.0 Å². The summed E-state index contributed by atoms with van der Waals surface area (Å²) >= 11 is 13.1. The van der Waals surface area contributed by atoms with E-state index in [1.54, 1.807) is 19.1 Å². The molecule has 0 saturated carbocycles. The van der Waals surface area contributed by atoms with Crippen LogP contribution in [0.25, 0.3) is 16.7 Å². The number of esters is 1. The van der Waals surface area contributed by atoms with Crippen molar-refractivity contribution in [3.63, 3.8) is 0 Å². The third kappa shape index (κ3) is 4.82. The van der Waals surface area contributed by atoms with Gasteiger partial charge in [-0.25, -0.2) is 4.98 Å². The second kappa shape index (κ2) is 9.94. The molecule has 0 saturated heterocycles. The number of thioether (sulfide) groups is 1. The van der Waals surface area contributed by atoms with Crippen molar-refractivity contribution in [1.29, 1.82) is 5.26 Å². The van der Waals surface area contributed by atoms with E-state index >= 15 is 0 Å². The molecule has 34 heavy (non-hydrogen) atoms. The van der Waals surface area contributed by atoms with Crippen molar-refractivity contribution in [1.82, 2.24) is 9.38 Å². The summed E-state index contributed by atoms with van der Waals surface area (Å²) in [6, 6.07) is 16.3. The molecule has 0 fully saturated rings. The molecule has 0 aliphatic rings. The van der Waals surface area contributed by atoms with Crippen LogP contribution in [-0.4, -0.2) is 33.1 Å². The highest BCUT2D eigenvalue weighted by atomic mass is 35.5. The smallest absolute Gasteiger partial charge is 0.319 e. The zero-order valence-electron chi connectivity index (χ0n) is 18.1. The van der Waals surface area contributed by atoms with Crippen LogP contribution in [-0.2, 0) is 14.3 Å². The third-order valence-electron chi connectivity index (χ3n) is 5.03. The molecule has 1 amide bonds. The van der Waals surface area contributed by atoms with Gasteiger partial charge in [-0.15, -0.1) is 0 Å². The van der Waals surface area contributed by atoms with Gasteiger partial charge in [-0.1, -0.05) is 47.1 Å². The molecule has 0 aliphatic heterocycles. The molecule has 10 heteroatoms. The minimum Gasteiger partial charge on any atom is -0.455 e. The normalized spacial score (nSPS) is 11.9. The number of hydrogen-bond donors (Lipinski definition) is 1. The fourth-order valence-corrected chi connectivity index (χ4v) is 4.75. The van der Waals surface area contributed by atoms with Crippen molar-refractivity contribution in [2.75, 3.05) is 11.9 Å². The molecule has 1 atom stereocenters. The van der Waals surface area contributed by atoms with E-state index in [4.69, 9.17) is 27.9 Å². The summed E-state index contributed by atoms with van der Waals surface area (Å²) < 4.78 is 7.08. The van der Waals surface area contributed by atoms with Crippen molar-refractivity contribution >= 4 is 69.2 Å². The molecule has 0 radical (unpaired) electrons. The van der Waals surface area contributed by atoms with E-state index in [1.165, 1.54) is 17.8 Å². The molecule has 4 rings (SSSR count). The second-order valence-corrected chi connectivity index (χ2v) is 9.63. The fourth-order valence-electron chi connectivity index (χ4n) is 3.39. The second-order valence-electron chi connectivity index (χ2n) is 7.46. The van der Waals surface area contributed by atoms with E-state index in [0.29, 0.717) is 26.9 Å². The number of halogens is 2. The average Bonchev–Trinajstić information content (AvgIpc) is 3.19. The monoisotopic (exact) mass is 512 g/mol. The van der Waals surface area contributed by atoms with Gasteiger partial charge in [-0.2, -0.15) is 5.26 Å². The Kier molecular flexibility index (Phi) is 6.98. The number of imidazole rings is 1. The van der Waals surface area contributed by atoms with Crippen LogP contribution in [0.5, 0.6) is 0 Å². The molecule has 1 unspecified atom stereocenters. The number of carbonyl (C=O) groups is 2. The maximum atomic E-state index is 12.6. The Hall–Kier alpha value is -3.25. The van der Waals surface area contributed by atoms with Gasteiger partial charge in [0.1, 0.15) is 11.3 Å². The molecule has 7 nitrogen and oxygen atoms in total. The summed E-state index contributed by atoms with van der Waals surface area (Å²) in [5.74, 6) is -1.05. The number of ether oxygens (including phenoxy) is 1. The zero-order valence-corrected chi connectivity index (χ0v) is 20.5. The molecule has 172 valence electrons. The van der Waals surface area contributed by atoms with E-state index in [9.17, 15) is 14.9 Å². The first-order valence-electron chi connectivity index (χ1n) is 10.2. The number of fused-ring (bicyclic) bond motifs is 3. The van der Waals surface area contributed by atoms with E-state index in [1.807, 2.05) is 41.7 Å². The highest BCUT2D eigenvalue weighted by Crippen LogP contribution is 2.32. The molecule has 2 heterocycles. The molecule has 2 aromatic heterocycles. The fraction of sp³-hybridized carbons (Fsp3) is 0.167. The van der Waals surface area contributed by atoms with Gasteiger partial charge >= 0.3 is 5.97 Å². The van der Waals surface area contributed by atoms with Gasteiger partial charge in [0.15, 0.2) is 12.3 Å². The third-order valence-corrected chi connectivity index (χ3v) is 6.86. The van der Waals surface area contributed by atoms with Crippen molar-refractivity contribution in [3.8, 4) is 6.07 Å². The summed E-state index contributed by atoms with van der Waals surface area (Å²) in [6.45, 7) is 3.08. The topological polar surface area (TPSA) is 96.5 Å². The molecular formula is C24H18Cl2N4O3S. The highest BCUT2D eigenvalue weighted by Gasteiger charge is 2.22. The Morgan fingerprint density at radius 3 is 2.71 bits per heavy atom. The number of pyridine rings is 1. The van der Waals surface area contributed by atoms with Crippen molar-refractivity contribution in [2.45, 2.75) is 24.1 Å². The first-order chi connectivity index (χ1) is 16.3. The number of para-hydroxylation sites is 2. The first-order valence-corrected chi connectivity index (χ1v) is 11.8. The van der Waals surface area contributed by atoms with Crippen molar-refractivity contribution in [3.05, 3.63) is 69.7 Å². The zero-order chi connectivity index (χ0) is 24.4. The van der Waals surface area contributed by atoms with Crippen molar-refractivity contribution < 1.29 is 14.3 Å². The van der Waals surface area contributed by atoms with Gasteiger partial charge in [-0.05, 0) is 55.8 Å². The largest absolute Gasteiger partial charge is 0.455 e. The lowest BCUT2D eigenvalue weighted by Gasteiger charge is -2.14. The van der Waals surface area contributed by atoms with Crippen molar-refractivity contribution in [2.24, 2.45) is 0 Å². The standard InChI is InChI=1S/C24H18Cl2N4O3S/c1-13-9-22(30-20-6-4-3-5-19(20)29-23(30)16(13)11-27)34-14(2)24(32)33-12-21(31)28-15-7-8-17(25)18(26)10-15/h3-10,14H,12H2,1-2H3,(H,28,31). The van der Waals surface area contributed by atoms with Gasteiger partial charge in [0, 0.05) is 5.69 Å². The number of nitrogens with one attached hydrogen (secondary N) is 1. The Morgan fingerprint density at radius 1 is 1.21 bits per heavy atom. The average molecular weight is 513 g/mol. The van der Waals surface area contributed by atoms with Crippen LogP contribution in [0, 0.1) is 18.3 Å². The number of amides is 1. The molecule has 0 spiro atoms. The number of aryl methyl sites for hydroxylation is 1. The number of nitriles is 1. The first kappa shape index (κ1) is 23.9. The highest BCUT2D eigenvalue weighted by molar-refractivity contribution is 8.00. The van der Waals surface area contributed by atoms with Crippen LogP contribution in [0.4, 0.5) is 5.69 Å². The summed E-state index contributed by atoms with van der Waals surface area (Å²) in [4.78, 5) is 29.4. The maximum Gasteiger partial charge on any atom is 0.319 e. The Balaban J connectivity index is 1.49. The van der Waals surface area contributed by atoms with E-state index in [2.05, 4.69) is 16.4 Å². The molecule has 2 aromatic carbocycles. The van der Waals surface area contributed by atoms with Gasteiger partial charge < -0.3 is 10.1 Å². The Labute approximate surface area is 209 Å². The number of benzene rings is 2. The number of nitrogens with zero attached hydrogens (tertiary/aromatic N) is 3. The number of hydrogen-bond acceptors (Lipinski definition) is 6. The van der Waals surface area contributed by atoms with E-state index in [0.717, 1.165) is 21.6 Å². The summed E-state index contributed by atoms with van der Waals surface area (Å²) in [7, 11) is 0. The Morgan fingerprint density at radius 2 is 1.97 bits per heavy atom. The maximum absolute atomic E-state index is 12.6. The minimum absolute atomic E-state index is 0.303. The predicted octanol–water partition coefficient (Wildman–Crippen LogP) is 5.64. The van der Waals surface area contributed by atoms with Crippen LogP contribution in [0.3, 0.4) is 0 Å².